The molecule has 0 aliphatic heterocycles. The third-order valence-corrected chi connectivity index (χ3v) is 3.81. The molecule has 15 heavy (non-hydrogen) atoms. The summed E-state index contributed by atoms with van der Waals surface area (Å²) in [4.78, 5) is 13.8. The Bertz CT molecular complexity index is 238. The minimum absolute atomic E-state index is 0.267. The minimum Gasteiger partial charge on any atom is -0.345 e. The number of nitrogens with two attached hydrogens (primary N) is 1. The fourth-order valence-corrected chi connectivity index (χ4v) is 2.49. The van der Waals surface area contributed by atoms with Crippen molar-refractivity contribution < 1.29 is 4.79 Å². The predicted octanol–water partition coefficient (Wildman–Crippen LogP) is 1.37. The molecule has 0 unspecified atom stereocenters. The summed E-state index contributed by atoms with van der Waals surface area (Å²) in [6.45, 7) is 0.959. The first-order valence-electron chi connectivity index (χ1n) is 6.16. The maximum absolute atomic E-state index is 11.9. The zero-order valence-electron chi connectivity index (χ0n) is 9.61. The van der Waals surface area contributed by atoms with Crippen molar-refractivity contribution in [3.8, 4) is 0 Å². The van der Waals surface area contributed by atoms with Crippen molar-refractivity contribution in [2.75, 3.05) is 13.6 Å². The molecule has 2 fully saturated rings. The van der Waals surface area contributed by atoms with Crippen LogP contribution in [0.15, 0.2) is 0 Å². The molecule has 0 radical (unpaired) electrons. The molecule has 2 aliphatic rings. The molecular formula is C12H22N2O. The lowest BCUT2D eigenvalue weighted by molar-refractivity contribution is -0.131. The van der Waals surface area contributed by atoms with E-state index in [2.05, 4.69) is 0 Å². The second-order valence-corrected chi connectivity index (χ2v) is 5.28. The van der Waals surface area contributed by atoms with Crippen molar-refractivity contribution in [3.05, 3.63) is 0 Å². The molecule has 1 amide bonds. The lowest BCUT2D eigenvalue weighted by Gasteiger charge is -2.21. The quantitative estimate of drug-likeness (QED) is 0.762. The van der Waals surface area contributed by atoms with E-state index in [1.807, 2.05) is 11.9 Å². The van der Waals surface area contributed by atoms with Gasteiger partial charge in [0.15, 0.2) is 0 Å². The Morgan fingerprint density at radius 1 is 1.33 bits per heavy atom. The molecule has 0 heterocycles. The van der Waals surface area contributed by atoms with Gasteiger partial charge in [0.2, 0.25) is 5.91 Å². The molecule has 2 aliphatic carbocycles. The van der Waals surface area contributed by atoms with E-state index >= 15 is 0 Å². The van der Waals surface area contributed by atoms with Gasteiger partial charge >= 0.3 is 0 Å². The van der Waals surface area contributed by atoms with Crippen LogP contribution in [0, 0.1) is 11.8 Å². The standard InChI is InChI=1S/C12H22N2O/c1-14(8-9-5-6-9)12(15)7-10-3-2-4-11(10)13/h9-11H,2-8,13H2,1H3/t10-,11+/m0/s1. The molecule has 86 valence electrons. The Morgan fingerprint density at radius 2 is 2.07 bits per heavy atom. The SMILES string of the molecule is CN(CC1CC1)C(=O)C[C@@H]1CCC[C@H]1N. The van der Waals surface area contributed by atoms with Gasteiger partial charge in [0.1, 0.15) is 0 Å². The number of carbonyl (C=O) groups is 1. The number of amides is 1. The van der Waals surface area contributed by atoms with Gasteiger partial charge in [-0.2, -0.15) is 0 Å². The Morgan fingerprint density at radius 3 is 2.60 bits per heavy atom. The van der Waals surface area contributed by atoms with Crippen LogP contribution in [0.1, 0.15) is 38.5 Å². The van der Waals surface area contributed by atoms with Gasteiger partial charge in [-0.25, -0.2) is 0 Å². The summed E-state index contributed by atoms with van der Waals surface area (Å²) in [5.41, 5.74) is 5.97. The van der Waals surface area contributed by atoms with E-state index < -0.39 is 0 Å². The van der Waals surface area contributed by atoms with E-state index in [1.165, 1.54) is 19.3 Å². The lowest BCUT2D eigenvalue weighted by atomic mass is 9.99. The molecule has 3 heteroatoms. The molecule has 2 rings (SSSR count). The highest BCUT2D eigenvalue weighted by molar-refractivity contribution is 5.76. The Hall–Kier alpha value is -0.570. The lowest BCUT2D eigenvalue weighted by Crippen LogP contribution is -2.34. The first-order chi connectivity index (χ1) is 7.16. The number of carbonyl (C=O) groups excluding carboxylic acids is 1. The van der Waals surface area contributed by atoms with E-state index in [1.54, 1.807) is 0 Å². The van der Waals surface area contributed by atoms with Crippen molar-refractivity contribution in [3.63, 3.8) is 0 Å². The number of rotatable bonds is 4. The van der Waals surface area contributed by atoms with Crippen LogP contribution in [0.3, 0.4) is 0 Å². The molecule has 2 atom stereocenters. The van der Waals surface area contributed by atoms with Crippen molar-refractivity contribution >= 4 is 5.91 Å². The summed E-state index contributed by atoms with van der Waals surface area (Å²) in [5.74, 6) is 1.53. The van der Waals surface area contributed by atoms with E-state index in [0.29, 0.717) is 18.2 Å². The monoisotopic (exact) mass is 210 g/mol. The fraction of sp³-hybridized carbons (Fsp3) is 0.917. The van der Waals surface area contributed by atoms with Gasteiger partial charge in [-0.05, 0) is 37.5 Å². The van der Waals surface area contributed by atoms with Gasteiger partial charge in [-0.15, -0.1) is 0 Å². The van der Waals surface area contributed by atoms with E-state index in [4.69, 9.17) is 5.73 Å². The first kappa shape index (κ1) is 10.9. The highest BCUT2D eigenvalue weighted by Crippen LogP contribution is 2.31. The van der Waals surface area contributed by atoms with Gasteiger partial charge in [0.25, 0.3) is 0 Å². The average Bonchev–Trinajstić information content (AvgIpc) is 2.92. The maximum atomic E-state index is 11.9. The molecule has 2 N–H and O–H groups in total. The largest absolute Gasteiger partial charge is 0.345 e. The molecular weight excluding hydrogens is 188 g/mol. The van der Waals surface area contributed by atoms with E-state index in [9.17, 15) is 4.79 Å². The summed E-state index contributed by atoms with van der Waals surface area (Å²) >= 11 is 0. The summed E-state index contributed by atoms with van der Waals surface area (Å²) in [5, 5.41) is 0. The number of nitrogens with zero attached hydrogens (tertiary/aromatic N) is 1. The maximum Gasteiger partial charge on any atom is 0.222 e. The molecule has 2 saturated carbocycles. The van der Waals surface area contributed by atoms with E-state index in [0.717, 1.165) is 25.3 Å². The topological polar surface area (TPSA) is 46.3 Å². The second kappa shape index (κ2) is 4.52. The fourth-order valence-electron chi connectivity index (χ4n) is 2.49. The number of hydrogen-bond donors (Lipinski definition) is 1. The highest BCUT2D eigenvalue weighted by Gasteiger charge is 2.29. The number of hydrogen-bond acceptors (Lipinski definition) is 2. The average molecular weight is 210 g/mol. The zero-order valence-corrected chi connectivity index (χ0v) is 9.61. The van der Waals surface area contributed by atoms with Crippen LogP contribution < -0.4 is 5.73 Å². The van der Waals surface area contributed by atoms with Crippen LogP contribution >= 0.6 is 0 Å². The summed E-state index contributed by atoms with van der Waals surface area (Å²) in [6, 6.07) is 0.267. The summed E-state index contributed by atoms with van der Waals surface area (Å²) < 4.78 is 0. The second-order valence-electron chi connectivity index (χ2n) is 5.28. The highest BCUT2D eigenvalue weighted by atomic mass is 16.2. The zero-order chi connectivity index (χ0) is 10.8. The van der Waals surface area contributed by atoms with Crippen LogP contribution in [0.25, 0.3) is 0 Å². The van der Waals surface area contributed by atoms with Crippen LogP contribution in [-0.2, 0) is 4.79 Å². The molecule has 0 aromatic carbocycles. The van der Waals surface area contributed by atoms with Crippen LogP contribution in [0.2, 0.25) is 0 Å². The van der Waals surface area contributed by atoms with Crippen molar-refractivity contribution in [2.24, 2.45) is 17.6 Å². The normalized spacial score (nSPS) is 30.5. The molecule has 0 saturated heterocycles. The minimum atomic E-state index is 0.267. The third-order valence-electron chi connectivity index (χ3n) is 3.81. The third kappa shape index (κ3) is 2.94. The molecule has 0 aromatic heterocycles. The van der Waals surface area contributed by atoms with Gasteiger partial charge in [-0.1, -0.05) is 6.42 Å². The van der Waals surface area contributed by atoms with Gasteiger partial charge in [0.05, 0.1) is 0 Å². The van der Waals surface area contributed by atoms with Gasteiger partial charge in [-0.3, -0.25) is 4.79 Å². The molecule has 3 nitrogen and oxygen atoms in total. The summed E-state index contributed by atoms with van der Waals surface area (Å²) in [7, 11) is 1.93. The first-order valence-corrected chi connectivity index (χ1v) is 6.16. The molecule has 0 spiro atoms. The smallest absolute Gasteiger partial charge is 0.222 e. The van der Waals surface area contributed by atoms with Gasteiger partial charge in [0, 0.05) is 26.1 Å². The van der Waals surface area contributed by atoms with Crippen LogP contribution in [0.4, 0.5) is 0 Å². The van der Waals surface area contributed by atoms with Crippen molar-refractivity contribution in [2.45, 2.75) is 44.6 Å². The Balaban J connectivity index is 1.74. The molecule has 0 bridgehead atoms. The predicted molar refractivity (Wildman–Crippen MR) is 60.3 cm³/mol. The van der Waals surface area contributed by atoms with Crippen molar-refractivity contribution in [1.29, 1.82) is 0 Å². The van der Waals surface area contributed by atoms with Gasteiger partial charge < -0.3 is 10.6 Å². The Kier molecular flexibility index (Phi) is 3.29. The summed E-state index contributed by atoms with van der Waals surface area (Å²) in [6.07, 6.45) is 6.73. The van der Waals surface area contributed by atoms with Crippen LogP contribution in [0.5, 0.6) is 0 Å². The van der Waals surface area contributed by atoms with E-state index in [-0.39, 0.29) is 6.04 Å². The van der Waals surface area contributed by atoms with Crippen molar-refractivity contribution in [1.82, 2.24) is 4.90 Å². The molecule has 0 aromatic rings. The Labute approximate surface area is 92.0 Å². The van der Waals surface area contributed by atoms with Crippen LogP contribution in [-0.4, -0.2) is 30.4 Å².